The minimum atomic E-state index is 0. The van der Waals surface area contributed by atoms with E-state index < -0.39 is 0 Å². The summed E-state index contributed by atoms with van der Waals surface area (Å²) < 4.78 is 4.83. The first-order valence-electron chi connectivity index (χ1n) is 37.1. The summed E-state index contributed by atoms with van der Waals surface area (Å²) in [5, 5.41) is 18.3. The van der Waals surface area contributed by atoms with Crippen LogP contribution in [0.25, 0.3) is 31.0 Å². The first-order valence-corrected chi connectivity index (χ1v) is 37.1. The van der Waals surface area contributed by atoms with Gasteiger partial charge in [0.1, 0.15) is 0 Å². The molecule has 0 aliphatic heterocycles. The number of hydrogen-bond acceptors (Lipinski definition) is 5. The van der Waals surface area contributed by atoms with Crippen molar-refractivity contribution in [1.82, 2.24) is 0 Å². The molecule has 2 radical (unpaired) electrons. The van der Waals surface area contributed by atoms with Gasteiger partial charge in [0.25, 0.3) is 0 Å². The molecule has 10 rings (SSSR count). The summed E-state index contributed by atoms with van der Waals surface area (Å²) in [6.45, 7) is 49.1. The molecule has 0 saturated heterocycles. The molecule has 0 N–H and O–H groups in total. The van der Waals surface area contributed by atoms with Gasteiger partial charge < -0.3 is 50.8 Å². The number of nitrogens with zero attached hydrogens (tertiary/aromatic N) is 10. The average molecular weight is 1620 g/mol. The zero-order valence-electron chi connectivity index (χ0n) is 68.4. The van der Waals surface area contributed by atoms with E-state index in [2.05, 4.69) is 148 Å². The van der Waals surface area contributed by atoms with E-state index in [9.17, 15) is 0 Å². The van der Waals surface area contributed by atoms with Gasteiger partial charge in [0.2, 0.25) is 0 Å². The van der Waals surface area contributed by atoms with Gasteiger partial charge in [-0.3, -0.25) is 20.0 Å². The Morgan fingerprint density at radius 3 is 0.593 bits per heavy atom. The van der Waals surface area contributed by atoms with Crippen LogP contribution < -0.4 is 24.8 Å². The number of benzene rings is 10. The third-order valence-corrected chi connectivity index (χ3v) is 16.0. The SMILES string of the molecule is CC(/C=C(/C)[N-]Cc1ccccc1)=NCc1ccccc1.CC(/C=C(/C)[N-]Cc1ccccc1)=NCc1ccccc1.CC(/C=C(/C)[N-]Cc1ccccc1)=NCc1ccccc1.CC(/C=C(/C)[N-]Cc1ccccc1)=NCc1ccccc1.CCOCC.[C-]#[N+]c1c(C)cccc1C.[C-]#[N+]c1c(C)cccc1C.[Cl-].[Cl-].[Cr+3].[Cr+3]. The molecule has 0 aromatic heterocycles. The molecular weight excluding hydrogens is 1510 g/mol. The Balaban J connectivity index is 0.00000133. The van der Waals surface area contributed by atoms with Crippen molar-refractivity contribution in [2.24, 2.45) is 20.0 Å². The van der Waals surface area contributed by atoms with Crippen LogP contribution in [0, 0.1) is 40.8 Å². The number of ether oxygens (including phenoxy) is 1. The smallest absolute Gasteiger partial charge is 1.00 e. The molecule has 11 nitrogen and oxygen atoms in total. The van der Waals surface area contributed by atoms with Gasteiger partial charge in [-0.15, -0.1) is 26.2 Å². The Labute approximate surface area is 712 Å². The van der Waals surface area contributed by atoms with Crippen LogP contribution in [0.3, 0.4) is 0 Å². The topological polar surface area (TPSA) is 124 Å². The molecule has 10 aromatic rings. The second-order valence-electron chi connectivity index (χ2n) is 25.6. The monoisotopic (exact) mass is 1620 g/mol. The Morgan fingerprint density at radius 1 is 0.283 bits per heavy atom. The van der Waals surface area contributed by atoms with Gasteiger partial charge >= 0.3 is 34.7 Å². The molecule has 113 heavy (non-hydrogen) atoms. The first kappa shape index (κ1) is 103. The third kappa shape index (κ3) is 48.9. The van der Waals surface area contributed by atoms with Gasteiger partial charge in [0, 0.05) is 36.1 Å². The molecule has 0 heterocycles. The maximum absolute atomic E-state index is 6.85. The van der Waals surface area contributed by atoms with Gasteiger partial charge in [-0.25, -0.2) is 9.69 Å². The van der Waals surface area contributed by atoms with Crippen LogP contribution in [0.15, 0.2) is 346 Å². The van der Waals surface area contributed by atoms with E-state index in [0.717, 1.165) is 145 Å². The number of aliphatic imine (C=N–C) groups is 4. The molecule has 0 saturated carbocycles. The van der Waals surface area contributed by atoms with Gasteiger partial charge in [-0.2, -0.15) is 22.8 Å². The molecule has 15 heteroatoms. The van der Waals surface area contributed by atoms with Crippen LogP contribution in [0.5, 0.6) is 0 Å². The number of allylic oxidation sites excluding steroid dienone is 8. The fourth-order valence-electron chi connectivity index (χ4n) is 10.1. The standard InChI is InChI=1S/4C19H21N2.2C9H9N.C4H10O.2ClH.2Cr/c4*1-16(20-14-18-9-5-3-6-10-18)13-17(2)21-15-19-11-7-4-8-12-19;2*1-7-5-4-6-8(2)9(7)10-3;1-3-5-4-2;;;;/h4*3-13H,14-15H2,1-2H3;2*4-6H,1-2H3;3-4H2,1-2H3;2*1H;;/q4*-1;;;;;;2*+3/p-2/b4*16-13-,21-17?;;;;;;;. The summed E-state index contributed by atoms with van der Waals surface area (Å²) >= 11 is 0. The van der Waals surface area contributed by atoms with Crippen molar-refractivity contribution in [3.63, 3.8) is 0 Å². The van der Waals surface area contributed by atoms with E-state index in [4.69, 9.17) is 17.9 Å². The zero-order chi connectivity index (χ0) is 78.9. The normalized spacial score (nSPS) is 11.1. The van der Waals surface area contributed by atoms with Gasteiger partial charge in [0.05, 0.1) is 39.3 Å². The summed E-state index contributed by atoms with van der Waals surface area (Å²) in [7, 11) is 0. The molecule has 0 spiro atoms. The van der Waals surface area contributed by atoms with E-state index in [1.54, 1.807) is 0 Å². The van der Waals surface area contributed by atoms with E-state index in [0.29, 0.717) is 0 Å². The van der Waals surface area contributed by atoms with Gasteiger partial charge in [-0.05, 0) is 114 Å². The largest absolute Gasteiger partial charge is 3.00 e. The molecule has 0 aliphatic carbocycles. The van der Waals surface area contributed by atoms with E-state index in [1.807, 2.05) is 303 Å². The van der Waals surface area contributed by atoms with E-state index in [-0.39, 0.29) is 59.5 Å². The Morgan fingerprint density at radius 2 is 0.451 bits per heavy atom. The van der Waals surface area contributed by atoms with E-state index in [1.165, 1.54) is 44.5 Å². The van der Waals surface area contributed by atoms with Crippen LogP contribution in [-0.4, -0.2) is 36.1 Å². The van der Waals surface area contributed by atoms with Crippen molar-refractivity contribution in [3.8, 4) is 0 Å². The zero-order valence-corrected chi connectivity index (χ0v) is 72.5. The van der Waals surface area contributed by atoms with Crippen molar-refractivity contribution in [2.45, 2.75) is 149 Å². The average Bonchev–Trinajstić information content (AvgIpc) is 0.889. The van der Waals surface area contributed by atoms with Crippen LogP contribution in [-0.2, 0) is 91.8 Å². The fraction of sp³-hybridized carbons (Fsp3) is 0.245. The number of halogens is 2. The van der Waals surface area contributed by atoms with Gasteiger partial charge in [0.15, 0.2) is 11.4 Å². The van der Waals surface area contributed by atoms with Crippen LogP contribution in [0.1, 0.15) is 136 Å². The molecule has 0 amide bonds. The maximum Gasteiger partial charge on any atom is 3.00 e. The van der Waals surface area contributed by atoms with Crippen molar-refractivity contribution < 1.29 is 64.3 Å². The third-order valence-electron chi connectivity index (χ3n) is 16.0. The maximum atomic E-state index is 6.85. The van der Waals surface area contributed by atoms with Crippen molar-refractivity contribution in [1.29, 1.82) is 0 Å². The molecule has 586 valence electrons. The van der Waals surface area contributed by atoms with Crippen molar-refractivity contribution >= 4 is 34.2 Å². The number of hydrogen-bond donors (Lipinski definition) is 0. The quantitative estimate of drug-likeness (QED) is 0.0389. The molecule has 0 aliphatic rings. The Bertz CT molecular complexity index is 3950. The second kappa shape index (κ2) is 64.2. The molecule has 0 bridgehead atoms. The summed E-state index contributed by atoms with van der Waals surface area (Å²) in [5.74, 6) is 0. The minimum Gasteiger partial charge on any atom is -1.00 e. The molecule has 10 aromatic carbocycles. The minimum absolute atomic E-state index is 0. The molecule has 0 atom stereocenters. The predicted octanol–water partition coefficient (Wildman–Crippen LogP) is 21.3. The predicted molar refractivity (Wildman–Crippen MR) is 469 cm³/mol. The van der Waals surface area contributed by atoms with Crippen LogP contribution in [0.4, 0.5) is 11.4 Å². The number of para-hydroxylation sites is 2. The first-order chi connectivity index (χ1) is 52.9. The Kier molecular flexibility index (Phi) is 58.3. The molecule has 0 fully saturated rings. The summed E-state index contributed by atoms with van der Waals surface area (Å²) in [5.41, 5.74) is 23.7. The summed E-state index contributed by atoms with van der Waals surface area (Å²) in [6, 6.07) is 94.0. The number of rotatable bonds is 26. The molecule has 0 unspecified atom stereocenters. The summed E-state index contributed by atoms with van der Waals surface area (Å²) in [6.07, 6.45) is 8.13. The van der Waals surface area contributed by atoms with Gasteiger partial charge in [-0.1, -0.05) is 353 Å². The van der Waals surface area contributed by atoms with Crippen LogP contribution >= 0.6 is 0 Å². The van der Waals surface area contributed by atoms with Crippen molar-refractivity contribution in [3.05, 3.63) is 437 Å². The Hall–Kier alpha value is -10.4. The second-order valence-corrected chi connectivity index (χ2v) is 25.6. The van der Waals surface area contributed by atoms with E-state index >= 15 is 0 Å². The summed E-state index contributed by atoms with van der Waals surface area (Å²) in [4.78, 5) is 25.1. The number of aryl methyl sites for hydroxylation is 4. The van der Waals surface area contributed by atoms with Crippen LogP contribution in [0.2, 0.25) is 0 Å². The molecular formula is C98H112Cl2Cr2N10O. The van der Waals surface area contributed by atoms with Crippen molar-refractivity contribution in [2.75, 3.05) is 13.2 Å². The fourth-order valence-corrected chi connectivity index (χ4v) is 10.1.